The molecule has 5 nitrogen and oxygen atoms in total. The van der Waals surface area contributed by atoms with Crippen LogP contribution in [0.4, 0.5) is 5.82 Å². The van der Waals surface area contributed by atoms with Gasteiger partial charge in [-0.2, -0.15) is 0 Å². The first kappa shape index (κ1) is 18.0. The van der Waals surface area contributed by atoms with E-state index in [-0.39, 0.29) is 11.8 Å². The Morgan fingerprint density at radius 2 is 2.00 bits per heavy atom. The number of aromatic nitrogens is 2. The van der Waals surface area contributed by atoms with Gasteiger partial charge >= 0.3 is 0 Å². The molecule has 0 spiro atoms. The van der Waals surface area contributed by atoms with E-state index in [2.05, 4.69) is 17.0 Å². The molecule has 0 radical (unpaired) electrons. The maximum atomic E-state index is 12.7. The van der Waals surface area contributed by atoms with E-state index < -0.39 is 0 Å². The number of aryl methyl sites for hydroxylation is 1. The summed E-state index contributed by atoms with van der Waals surface area (Å²) >= 11 is 0. The molecule has 27 heavy (non-hydrogen) atoms. The number of fused-ring (bicyclic) bond motifs is 1. The van der Waals surface area contributed by atoms with E-state index in [1.54, 1.807) is 0 Å². The zero-order valence-electron chi connectivity index (χ0n) is 16.3. The Balaban J connectivity index is 1.66. The van der Waals surface area contributed by atoms with Crippen molar-refractivity contribution >= 4 is 11.7 Å². The number of carbonyl (C=O) groups is 1. The first-order chi connectivity index (χ1) is 13.2. The highest BCUT2D eigenvalue weighted by atomic mass is 16.2. The van der Waals surface area contributed by atoms with Crippen molar-refractivity contribution in [3.05, 3.63) is 41.6 Å². The van der Waals surface area contributed by atoms with E-state index in [0.717, 1.165) is 68.9 Å². The summed E-state index contributed by atoms with van der Waals surface area (Å²) in [4.78, 5) is 26.7. The number of piperidine rings is 1. The summed E-state index contributed by atoms with van der Waals surface area (Å²) in [6.45, 7) is 4.52. The van der Waals surface area contributed by atoms with E-state index in [1.807, 2.05) is 37.1 Å². The van der Waals surface area contributed by atoms with E-state index in [4.69, 9.17) is 9.97 Å². The SMILES string of the molecule is CCN(C)C(=O)[C@H]1CCCN(c2nc(-c3ccccc3)nc3c2CCC3)C1. The van der Waals surface area contributed by atoms with E-state index in [0.29, 0.717) is 0 Å². The molecule has 2 heterocycles. The number of hydrogen-bond donors (Lipinski definition) is 0. The van der Waals surface area contributed by atoms with Crippen LogP contribution in [0.1, 0.15) is 37.4 Å². The van der Waals surface area contributed by atoms with Gasteiger partial charge in [0, 0.05) is 43.5 Å². The van der Waals surface area contributed by atoms with Crippen LogP contribution < -0.4 is 4.90 Å². The van der Waals surface area contributed by atoms with Gasteiger partial charge in [0.2, 0.25) is 5.91 Å². The fraction of sp³-hybridized carbons (Fsp3) is 0.500. The van der Waals surface area contributed by atoms with Crippen molar-refractivity contribution < 1.29 is 4.79 Å². The second-order valence-corrected chi connectivity index (χ2v) is 7.65. The largest absolute Gasteiger partial charge is 0.355 e. The average Bonchev–Trinajstić information content (AvgIpc) is 3.21. The summed E-state index contributed by atoms with van der Waals surface area (Å²) in [5.74, 6) is 2.20. The molecule has 1 atom stereocenters. The summed E-state index contributed by atoms with van der Waals surface area (Å²) < 4.78 is 0. The van der Waals surface area contributed by atoms with E-state index in [9.17, 15) is 4.79 Å². The molecule has 142 valence electrons. The topological polar surface area (TPSA) is 49.3 Å². The van der Waals surface area contributed by atoms with Crippen molar-refractivity contribution in [3.8, 4) is 11.4 Å². The van der Waals surface area contributed by atoms with Crippen LogP contribution in [0.2, 0.25) is 0 Å². The molecule has 2 aromatic rings. The third-order valence-corrected chi connectivity index (χ3v) is 5.86. The summed E-state index contributed by atoms with van der Waals surface area (Å²) in [6.07, 6.45) is 5.22. The second-order valence-electron chi connectivity index (χ2n) is 7.65. The Morgan fingerprint density at radius 3 is 2.78 bits per heavy atom. The predicted octanol–water partition coefficient (Wildman–Crippen LogP) is 3.33. The quantitative estimate of drug-likeness (QED) is 0.835. The molecule has 1 fully saturated rings. The lowest BCUT2D eigenvalue weighted by molar-refractivity contribution is -0.134. The standard InChI is InChI=1S/C22H28N4O/c1-3-25(2)22(27)17-11-8-14-26(15-17)21-18-12-7-13-19(18)23-20(24-21)16-9-5-4-6-10-16/h4-6,9-10,17H,3,7-8,11-15H2,1-2H3/t17-/m0/s1. The Kier molecular flexibility index (Phi) is 5.10. The van der Waals surface area contributed by atoms with Crippen LogP contribution in [0.25, 0.3) is 11.4 Å². The van der Waals surface area contributed by atoms with Crippen LogP contribution in [0.15, 0.2) is 30.3 Å². The van der Waals surface area contributed by atoms with Gasteiger partial charge in [-0.25, -0.2) is 9.97 Å². The molecular weight excluding hydrogens is 336 g/mol. The molecule has 2 aliphatic rings. The fourth-order valence-corrected chi connectivity index (χ4v) is 4.23. The molecule has 1 aromatic heterocycles. The third-order valence-electron chi connectivity index (χ3n) is 5.86. The number of nitrogens with zero attached hydrogens (tertiary/aromatic N) is 4. The number of carbonyl (C=O) groups excluding carboxylic acids is 1. The van der Waals surface area contributed by atoms with Crippen molar-refractivity contribution in [2.24, 2.45) is 5.92 Å². The molecule has 1 saturated heterocycles. The molecule has 0 N–H and O–H groups in total. The van der Waals surface area contributed by atoms with Crippen molar-refractivity contribution in [2.45, 2.75) is 39.0 Å². The van der Waals surface area contributed by atoms with Gasteiger partial charge < -0.3 is 9.80 Å². The number of amides is 1. The molecule has 0 bridgehead atoms. The summed E-state index contributed by atoms with van der Waals surface area (Å²) in [5.41, 5.74) is 3.55. The molecule has 5 heteroatoms. The average molecular weight is 364 g/mol. The van der Waals surface area contributed by atoms with Crippen LogP contribution in [0, 0.1) is 5.92 Å². The van der Waals surface area contributed by atoms with Gasteiger partial charge in [0.05, 0.1) is 5.92 Å². The zero-order chi connectivity index (χ0) is 18.8. The third kappa shape index (κ3) is 3.55. The highest BCUT2D eigenvalue weighted by molar-refractivity contribution is 5.79. The Morgan fingerprint density at radius 1 is 1.19 bits per heavy atom. The normalized spacial score (nSPS) is 19.0. The van der Waals surface area contributed by atoms with Gasteiger partial charge in [-0.3, -0.25) is 4.79 Å². The maximum absolute atomic E-state index is 12.7. The highest BCUT2D eigenvalue weighted by Gasteiger charge is 2.31. The Bertz CT molecular complexity index is 821. The van der Waals surface area contributed by atoms with Crippen molar-refractivity contribution in [2.75, 3.05) is 31.6 Å². The molecule has 1 aliphatic heterocycles. The van der Waals surface area contributed by atoms with Crippen molar-refractivity contribution in [1.82, 2.24) is 14.9 Å². The minimum atomic E-state index is 0.0656. The molecule has 1 aromatic carbocycles. The highest BCUT2D eigenvalue weighted by Crippen LogP contribution is 2.33. The molecule has 1 aliphatic carbocycles. The monoisotopic (exact) mass is 364 g/mol. The second kappa shape index (κ2) is 7.67. The summed E-state index contributed by atoms with van der Waals surface area (Å²) in [5, 5.41) is 0. The van der Waals surface area contributed by atoms with Crippen molar-refractivity contribution in [1.29, 1.82) is 0 Å². The number of hydrogen-bond acceptors (Lipinski definition) is 4. The van der Waals surface area contributed by atoms with Gasteiger partial charge in [-0.15, -0.1) is 0 Å². The Hall–Kier alpha value is -2.43. The molecule has 0 unspecified atom stereocenters. The lowest BCUT2D eigenvalue weighted by Crippen LogP contribution is -2.44. The molecule has 1 amide bonds. The predicted molar refractivity (Wildman–Crippen MR) is 108 cm³/mol. The van der Waals surface area contributed by atoms with Gasteiger partial charge in [-0.05, 0) is 39.0 Å². The van der Waals surface area contributed by atoms with Gasteiger partial charge in [-0.1, -0.05) is 30.3 Å². The van der Waals surface area contributed by atoms with Crippen LogP contribution >= 0.6 is 0 Å². The maximum Gasteiger partial charge on any atom is 0.227 e. The van der Waals surface area contributed by atoms with Crippen LogP contribution in [0.3, 0.4) is 0 Å². The van der Waals surface area contributed by atoms with E-state index >= 15 is 0 Å². The zero-order valence-corrected chi connectivity index (χ0v) is 16.3. The van der Waals surface area contributed by atoms with Gasteiger partial charge in [0.1, 0.15) is 5.82 Å². The smallest absolute Gasteiger partial charge is 0.227 e. The Labute approximate surface area is 161 Å². The lowest BCUT2D eigenvalue weighted by atomic mass is 9.96. The number of benzene rings is 1. The van der Waals surface area contributed by atoms with Crippen LogP contribution in [0.5, 0.6) is 0 Å². The molecular formula is C22H28N4O. The fourth-order valence-electron chi connectivity index (χ4n) is 4.23. The summed E-state index contributed by atoms with van der Waals surface area (Å²) in [7, 11) is 1.90. The van der Waals surface area contributed by atoms with E-state index in [1.165, 1.54) is 11.3 Å². The number of rotatable bonds is 4. The van der Waals surface area contributed by atoms with Crippen LogP contribution in [-0.2, 0) is 17.6 Å². The minimum Gasteiger partial charge on any atom is -0.355 e. The summed E-state index contributed by atoms with van der Waals surface area (Å²) in [6, 6.07) is 10.2. The number of anilines is 1. The van der Waals surface area contributed by atoms with Gasteiger partial charge in [0.15, 0.2) is 5.82 Å². The van der Waals surface area contributed by atoms with Crippen LogP contribution in [-0.4, -0.2) is 47.5 Å². The first-order valence-corrected chi connectivity index (χ1v) is 10.1. The van der Waals surface area contributed by atoms with Gasteiger partial charge in [0.25, 0.3) is 0 Å². The molecule has 4 rings (SSSR count). The molecule has 0 saturated carbocycles. The first-order valence-electron chi connectivity index (χ1n) is 10.1. The minimum absolute atomic E-state index is 0.0656. The lowest BCUT2D eigenvalue weighted by Gasteiger charge is -2.35. The van der Waals surface area contributed by atoms with Crippen molar-refractivity contribution in [3.63, 3.8) is 0 Å².